The van der Waals surface area contributed by atoms with Gasteiger partial charge in [-0.3, -0.25) is 15.0 Å². The Bertz CT molecular complexity index is 464. The Morgan fingerprint density at radius 1 is 1.58 bits per heavy atom. The molecule has 0 radical (unpaired) electrons. The van der Waals surface area contributed by atoms with Crippen LogP contribution >= 0.6 is 15.9 Å². The van der Waals surface area contributed by atoms with E-state index in [0.717, 1.165) is 29.7 Å². The topological polar surface area (TPSA) is 70.9 Å². The number of hydrogen-bond acceptors (Lipinski definition) is 3. The minimum atomic E-state index is 0.268. The molecule has 1 aromatic heterocycles. The summed E-state index contributed by atoms with van der Waals surface area (Å²) in [5, 5.41) is 11.9. The first-order valence-corrected chi connectivity index (χ1v) is 7.59. The van der Waals surface area contributed by atoms with Crippen LogP contribution in [0.1, 0.15) is 37.6 Å². The summed E-state index contributed by atoms with van der Waals surface area (Å²) in [7, 11) is 2.00. The maximum Gasteiger partial charge on any atom is 0.0918 e. The lowest BCUT2D eigenvalue weighted by atomic mass is 10.2. The van der Waals surface area contributed by atoms with E-state index in [1.165, 1.54) is 18.5 Å². The van der Waals surface area contributed by atoms with Crippen molar-refractivity contribution in [3.8, 4) is 0 Å². The van der Waals surface area contributed by atoms with Crippen LogP contribution in [0.5, 0.6) is 0 Å². The Labute approximate surface area is 122 Å². The van der Waals surface area contributed by atoms with E-state index in [4.69, 9.17) is 11.1 Å². The van der Waals surface area contributed by atoms with E-state index in [0.29, 0.717) is 12.5 Å². The van der Waals surface area contributed by atoms with Crippen molar-refractivity contribution < 1.29 is 0 Å². The molecule has 0 bridgehead atoms. The van der Waals surface area contributed by atoms with Gasteiger partial charge in [0.05, 0.1) is 21.7 Å². The molecular weight excluding hydrogens is 306 g/mol. The monoisotopic (exact) mass is 327 g/mol. The van der Waals surface area contributed by atoms with E-state index in [1.54, 1.807) is 0 Å². The fourth-order valence-electron chi connectivity index (χ4n) is 2.28. The van der Waals surface area contributed by atoms with Gasteiger partial charge in [0, 0.05) is 32.6 Å². The van der Waals surface area contributed by atoms with E-state index in [-0.39, 0.29) is 5.84 Å². The third-order valence-corrected chi connectivity index (χ3v) is 4.50. The number of aromatic nitrogens is 2. The molecule has 0 atom stereocenters. The molecule has 3 N–H and O–H groups in total. The average molecular weight is 328 g/mol. The summed E-state index contributed by atoms with van der Waals surface area (Å²) in [6.45, 7) is 3.85. The van der Waals surface area contributed by atoms with Crippen LogP contribution in [-0.2, 0) is 20.0 Å². The summed E-state index contributed by atoms with van der Waals surface area (Å²) in [5.74, 6) is 0.268. The number of hydrogen-bond donors (Lipinski definition) is 2. The van der Waals surface area contributed by atoms with Gasteiger partial charge in [0.2, 0.25) is 0 Å². The molecule has 2 rings (SSSR count). The molecule has 1 aromatic rings. The molecule has 6 heteroatoms. The fraction of sp³-hybridized carbons (Fsp3) is 0.692. The summed E-state index contributed by atoms with van der Waals surface area (Å²) < 4.78 is 3.09. The van der Waals surface area contributed by atoms with Gasteiger partial charge in [0.1, 0.15) is 0 Å². The predicted octanol–water partition coefficient (Wildman–Crippen LogP) is 2.04. The van der Waals surface area contributed by atoms with Crippen LogP contribution in [0.15, 0.2) is 4.47 Å². The first-order chi connectivity index (χ1) is 9.02. The zero-order chi connectivity index (χ0) is 14.0. The highest BCUT2D eigenvalue weighted by Gasteiger charge is 2.30. The normalized spacial score (nSPS) is 15.2. The summed E-state index contributed by atoms with van der Waals surface area (Å²) in [4.78, 5) is 2.42. The lowest BCUT2D eigenvalue weighted by Crippen LogP contribution is -2.30. The molecule has 19 heavy (non-hydrogen) atoms. The highest BCUT2D eigenvalue weighted by Crippen LogP contribution is 2.30. The number of rotatable bonds is 7. The van der Waals surface area contributed by atoms with Gasteiger partial charge >= 0.3 is 0 Å². The first kappa shape index (κ1) is 14.5. The van der Waals surface area contributed by atoms with Crippen molar-refractivity contribution in [1.82, 2.24) is 14.7 Å². The molecule has 1 aliphatic rings. The lowest BCUT2D eigenvalue weighted by molar-refractivity contribution is 0.254. The number of amidine groups is 1. The van der Waals surface area contributed by atoms with E-state index in [1.807, 2.05) is 11.7 Å². The summed E-state index contributed by atoms with van der Waals surface area (Å²) in [5.41, 5.74) is 7.80. The maximum atomic E-state index is 7.37. The Kier molecular flexibility index (Phi) is 4.62. The van der Waals surface area contributed by atoms with Gasteiger partial charge in [-0.1, -0.05) is 6.92 Å². The largest absolute Gasteiger partial charge is 0.388 e. The van der Waals surface area contributed by atoms with Gasteiger partial charge in [-0.15, -0.1) is 0 Å². The van der Waals surface area contributed by atoms with Gasteiger partial charge in [0.15, 0.2) is 0 Å². The minimum Gasteiger partial charge on any atom is -0.388 e. The van der Waals surface area contributed by atoms with Crippen LogP contribution in [0.2, 0.25) is 0 Å². The third-order valence-electron chi connectivity index (χ3n) is 3.59. The highest BCUT2D eigenvalue weighted by molar-refractivity contribution is 9.10. The maximum absolute atomic E-state index is 7.37. The molecule has 1 fully saturated rings. The molecule has 0 amide bonds. The van der Waals surface area contributed by atoms with Crippen molar-refractivity contribution >= 4 is 21.8 Å². The first-order valence-electron chi connectivity index (χ1n) is 6.80. The van der Waals surface area contributed by atoms with Crippen LogP contribution in [0.4, 0.5) is 0 Å². The molecule has 1 heterocycles. The number of halogens is 1. The molecule has 1 saturated carbocycles. The van der Waals surface area contributed by atoms with Gasteiger partial charge in [-0.2, -0.15) is 5.10 Å². The standard InChI is InChI=1S/C13H22BrN5/c1-3-10-13(14)11(18(2)17-10)8-19(9-4-5-9)7-6-12(15)16/h9H,3-8H2,1-2H3,(H3,15,16). The Hall–Kier alpha value is -0.880. The third kappa shape index (κ3) is 3.57. The average Bonchev–Trinajstić information content (AvgIpc) is 3.15. The molecule has 0 unspecified atom stereocenters. The Morgan fingerprint density at radius 2 is 2.26 bits per heavy atom. The van der Waals surface area contributed by atoms with Crippen molar-refractivity contribution in [2.24, 2.45) is 12.8 Å². The van der Waals surface area contributed by atoms with Crippen molar-refractivity contribution in [3.63, 3.8) is 0 Å². The lowest BCUT2D eigenvalue weighted by Gasteiger charge is -2.21. The summed E-state index contributed by atoms with van der Waals surface area (Å²) in [6, 6.07) is 0.659. The SMILES string of the molecule is CCc1nn(C)c(CN(CCC(=N)N)C2CC2)c1Br. The van der Waals surface area contributed by atoms with Crippen LogP contribution in [-0.4, -0.2) is 33.1 Å². The molecule has 0 aliphatic heterocycles. The van der Waals surface area contributed by atoms with Crippen LogP contribution in [0.3, 0.4) is 0 Å². The minimum absolute atomic E-state index is 0.268. The van der Waals surface area contributed by atoms with Crippen molar-refractivity contribution in [3.05, 3.63) is 15.9 Å². The van der Waals surface area contributed by atoms with Gasteiger partial charge in [-0.25, -0.2) is 0 Å². The van der Waals surface area contributed by atoms with Crippen LogP contribution in [0.25, 0.3) is 0 Å². The van der Waals surface area contributed by atoms with Crippen LogP contribution < -0.4 is 5.73 Å². The van der Waals surface area contributed by atoms with Crippen molar-refractivity contribution in [1.29, 1.82) is 5.41 Å². The van der Waals surface area contributed by atoms with Crippen molar-refractivity contribution in [2.45, 2.75) is 45.2 Å². The number of nitrogens with zero attached hydrogens (tertiary/aromatic N) is 3. The second kappa shape index (κ2) is 6.05. The van der Waals surface area contributed by atoms with Gasteiger partial charge in [0.25, 0.3) is 0 Å². The number of nitrogens with two attached hydrogens (primary N) is 1. The number of nitrogens with one attached hydrogen (secondary N) is 1. The van der Waals surface area contributed by atoms with Crippen molar-refractivity contribution in [2.75, 3.05) is 6.54 Å². The summed E-state index contributed by atoms with van der Waals surface area (Å²) >= 11 is 3.66. The molecule has 5 nitrogen and oxygen atoms in total. The zero-order valence-electron chi connectivity index (χ0n) is 11.6. The van der Waals surface area contributed by atoms with Gasteiger partial charge < -0.3 is 5.73 Å². The Morgan fingerprint density at radius 3 is 2.74 bits per heavy atom. The zero-order valence-corrected chi connectivity index (χ0v) is 13.2. The second-order valence-electron chi connectivity index (χ2n) is 5.16. The second-order valence-corrected chi connectivity index (χ2v) is 5.95. The predicted molar refractivity (Wildman–Crippen MR) is 80.2 cm³/mol. The quantitative estimate of drug-likeness (QED) is 0.594. The van der Waals surface area contributed by atoms with E-state index >= 15 is 0 Å². The molecular formula is C13H22BrN5. The molecule has 1 aliphatic carbocycles. The molecule has 0 aromatic carbocycles. The van der Waals surface area contributed by atoms with E-state index in [2.05, 4.69) is 32.9 Å². The summed E-state index contributed by atoms with van der Waals surface area (Å²) in [6.07, 6.45) is 4.10. The van der Waals surface area contributed by atoms with E-state index < -0.39 is 0 Å². The number of aryl methyl sites for hydroxylation is 2. The fourth-order valence-corrected chi connectivity index (χ4v) is 3.02. The van der Waals surface area contributed by atoms with Crippen LogP contribution in [0, 0.1) is 5.41 Å². The van der Waals surface area contributed by atoms with Gasteiger partial charge in [-0.05, 0) is 35.2 Å². The highest BCUT2D eigenvalue weighted by atomic mass is 79.9. The Balaban J connectivity index is 2.08. The molecule has 106 valence electrons. The molecule has 0 saturated heterocycles. The molecule has 0 spiro atoms. The van der Waals surface area contributed by atoms with E-state index in [9.17, 15) is 0 Å². The smallest absolute Gasteiger partial charge is 0.0918 e.